The van der Waals surface area contributed by atoms with Crippen LogP contribution < -0.4 is 10.1 Å². The molecule has 1 N–H and O–H groups in total. The van der Waals surface area contributed by atoms with Gasteiger partial charge in [-0.1, -0.05) is 0 Å². The molecular weight excluding hydrogens is 308 g/mol. The van der Waals surface area contributed by atoms with E-state index in [1.165, 1.54) is 23.5 Å². The first kappa shape index (κ1) is 15.3. The van der Waals surface area contributed by atoms with Crippen molar-refractivity contribution in [1.29, 1.82) is 0 Å². The smallest absolute Gasteiger partial charge is 0.246 e. The zero-order valence-electron chi connectivity index (χ0n) is 12.2. The molecule has 0 aliphatic carbocycles. The number of sulfonamides is 1. The third-order valence-corrected chi connectivity index (χ3v) is 5.96. The van der Waals surface area contributed by atoms with E-state index in [0.29, 0.717) is 25.3 Å². The van der Waals surface area contributed by atoms with Crippen molar-refractivity contribution in [3.63, 3.8) is 0 Å². The van der Waals surface area contributed by atoms with E-state index < -0.39 is 15.6 Å². The van der Waals surface area contributed by atoms with Crippen molar-refractivity contribution in [3.8, 4) is 5.75 Å². The van der Waals surface area contributed by atoms with Crippen LogP contribution in [0.3, 0.4) is 0 Å². The average Bonchev–Trinajstić information content (AvgIpc) is 2.95. The van der Waals surface area contributed by atoms with Crippen molar-refractivity contribution in [2.75, 3.05) is 33.4 Å². The fourth-order valence-corrected chi connectivity index (χ4v) is 4.27. The normalized spacial score (nSPS) is 26.1. The van der Waals surface area contributed by atoms with Crippen LogP contribution in [0, 0.1) is 0 Å². The quantitative estimate of drug-likeness (QED) is 0.843. The Morgan fingerprint density at radius 3 is 2.64 bits per heavy atom. The van der Waals surface area contributed by atoms with Crippen LogP contribution in [-0.2, 0) is 19.6 Å². The summed E-state index contributed by atoms with van der Waals surface area (Å²) < 4.78 is 37.4. The molecule has 2 saturated heterocycles. The highest BCUT2D eigenvalue weighted by Crippen LogP contribution is 2.31. The third kappa shape index (κ3) is 2.69. The summed E-state index contributed by atoms with van der Waals surface area (Å²) in [5.41, 5.74) is -0.604. The summed E-state index contributed by atoms with van der Waals surface area (Å²) in [5.74, 6) is 0.442. The van der Waals surface area contributed by atoms with E-state index in [-0.39, 0.29) is 24.0 Å². The van der Waals surface area contributed by atoms with E-state index in [4.69, 9.17) is 9.47 Å². The molecule has 0 saturated carbocycles. The molecule has 0 radical (unpaired) electrons. The Balaban J connectivity index is 1.77. The molecule has 2 aliphatic heterocycles. The molecular formula is C14H18N2O5S. The lowest BCUT2D eigenvalue weighted by molar-refractivity contribution is -0.141. The van der Waals surface area contributed by atoms with Crippen molar-refractivity contribution in [3.05, 3.63) is 24.3 Å². The summed E-state index contributed by atoms with van der Waals surface area (Å²) >= 11 is 0. The monoisotopic (exact) mass is 326 g/mol. The maximum Gasteiger partial charge on any atom is 0.246 e. The molecule has 8 heteroatoms. The lowest BCUT2D eigenvalue weighted by atomic mass is 10.0. The first-order chi connectivity index (χ1) is 10.5. The van der Waals surface area contributed by atoms with E-state index in [9.17, 15) is 13.2 Å². The summed E-state index contributed by atoms with van der Waals surface area (Å²) in [6, 6.07) is 6.30. The van der Waals surface area contributed by atoms with Gasteiger partial charge in [-0.25, -0.2) is 8.42 Å². The number of hydrogen-bond acceptors (Lipinski definition) is 5. The van der Waals surface area contributed by atoms with Gasteiger partial charge in [-0.05, 0) is 30.7 Å². The average molecular weight is 326 g/mol. The Kier molecular flexibility index (Phi) is 3.84. The lowest BCUT2D eigenvalue weighted by Gasteiger charge is -2.33. The van der Waals surface area contributed by atoms with Gasteiger partial charge in [0.05, 0.1) is 12.0 Å². The second-order valence-corrected chi connectivity index (χ2v) is 7.45. The predicted molar refractivity (Wildman–Crippen MR) is 78.1 cm³/mol. The number of methoxy groups -OCH3 is 1. The molecule has 1 spiro atoms. The number of amides is 1. The van der Waals surface area contributed by atoms with Crippen LogP contribution in [0.2, 0.25) is 0 Å². The molecule has 1 atom stereocenters. The van der Waals surface area contributed by atoms with Gasteiger partial charge in [-0.2, -0.15) is 4.31 Å². The van der Waals surface area contributed by atoms with Crippen LogP contribution >= 0.6 is 0 Å². The van der Waals surface area contributed by atoms with Crippen LogP contribution in [0.1, 0.15) is 6.42 Å². The minimum Gasteiger partial charge on any atom is -0.497 e. The highest BCUT2D eigenvalue weighted by atomic mass is 32.2. The van der Waals surface area contributed by atoms with Gasteiger partial charge in [0.1, 0.15) is 18.0 Å². The Bertz CT molecular complexity index is 661. The van der Waals surface area contributed by atoms with Gasteiger partial charge in [0.2, 0.25) is 15.9 Å². The molecule has 1 amide bonds. The number of morpholine rings is 1. The highest BCUT2D eigenvalue weighted by Gasteiger charge is 2.46. The van der Waals surface area contributed by atoms with Gasteiger partial charge in [0.25, 0.3) is 0 Å². The molecule has 2 fully saturated rings. The molecule has 2 heterocycles. The summed E-state index contributed by atoms with van der Waals surface area (Å²) in [6.45, 7) is 0.961. The fraction of sp³-hybridized carbons (Fsp3) is 0.500. The summed E-state index contributed by atoms with van der Waals surface area (Å²) in [4.78, 5) is 11.4. The van der Waals surface area contributed by atoms with Crippen LogP contribution in [0.15, 0.2) is 29.2 Å². The molecule has 120 valence electrons. The molecule has 2 aliphatic rings. The number of benzene rings is 1. The second-order valence-electron chi connectivity index (χ2n) is 5.51. The van der Waals surface area contributed by atoms with Crippen LogP contribution in [0.4, 0.5) is 0 Å². The van der Waals surface area contributed by atoms with E-state index >= 15 is 0 Å². The van der Waals surface area contributed by atoms with Gasteiger partial charge in [0.15, 0.2) is 0 Å². The van der Waals surface area contributed by atoms with E-state index in [1.807, 2.05) is 0 Å². The maximum atomic E-state index is 12.7. The predicted octanol–water partition coefficient (Wildman–Crippen LogP) is -0.0252. The molecule has 3 rings (SSSR count). The standard InChI is InChI=1S/C14H18N2O5S/c1-20-11-2-4-12(5-3-11)22(18,19)16-7-6-14(10-16)9-15-13(17)8-21-14/h2-5H,6-10H2,1H3,(H,15,17). The molecule has 1 aromatic carbocycles. The van der Waals surface area contributed by atoms with Crippen molar-refractivity contribution < 1.29 is 22.7 Å². The van der Waals surface area contributed by atoms with E-state index in [0.717, 1.165) is 0 Å². The van der Waals surface area contributed by atoms with Crippen molar-refractivity contribution >= 4 is 15.9 Å². The first-order valence-electron chi connectivity index (χ1n) is 7.00. The van der Waals surface area contributed by atoms with Crippen LogP contribution in [-0.4, -0.2) is 57.6 Å². The topological polar surface area (TPSA) is 84.9 Å². The molecule has 22 heavy (non-hydrogen) atoms. The number of nitrogens with zero attached hydrogens (tertiary/aromatic N) is 1. The summed E-state index contributed by atoms with van der Waals surface area (Å²) in [5, 5.41) is 2.74. The van der Waals surface area contributed by atoms with Crippen molar-refractivity contribution in [2.45, 2.75) is 16.9 Å². The number of rotatable bonds is 3. The summed E-state index contributed by atoms with van der Waals surface area (Å²) in [7, 11) is -2.04. The number of hydrogen-bond donors (Lipinski definition) is 1. The van der Waals surface area contributed by atoms with Crippen LogP contribution in [0.25, 0.3) is 0 Å². The third-order valence-electron chi connectivity index (χ3n) is 4.10. The second kappa shape index (κ2) is 5.53. The molecule has 1 unspecified atom stereocenters. The largest absolute Gasteiger partial charge is 0.497 e. The van der Waals surface area contributed by atoms with Gasteiger partial charge in [-0.15, -0.1) is 0 Å². The molecule has 0 bridgehead atoms. The van der Waals surface area contributed by atoms with Gasteiger partial charge >= 0.3 is 0 Å². The number of nitrogens with one attached hydrogen (secondary N) is 1. The molecule has 1 aromatic rings. The number of carbonyl (C=O) groups is 1. The number of ether oxygens (including phenoxy) is 2. The Hall–Kier alpha value is -1.64. The first-order valence-corrected chi connectivity index (χ1v) is 8.44. The van der Waals surface area contributed by atoms with Crippen LogP contribution in [0.5, 0.6) is 5.75 Å². The maximum absolute atomic E-state index is 12.7. The Morgan fingerprint density at radius 1 is 1.32 bits per heavy atom. The SMILES string of the molecule is COc1ccc(S(=O)(=O)N2CCC3(CNC(=O)CO3)C2)cc1. The fourth-order valence-electron chi connectivity index (χ4n) is 2.75. The van der Waals surface area contributed by atoms with E-state index in [2.05, 4.69) is 5.32 Å². The molecule has 0 aromatic heterocycles. The summed E-state index contributed by atoms with van der Waals surface area (Å²) in [6.07, 6.45) is 0.572. The minimum atomic E-state index is -3.57. The molecule has 7 nitrogen and oxygen atoms in total. The Morgan fingerprint density at radius 2 is 2.05 bits per heavy atom. The van der Waals surface area contributed by atoms with Gasteiger partial charge in [0, 0.05) is 19.6 Å². The minimum absolute atomic E-state index is 0.0174. The van der Waals surface area contributed by atoms with Gasteiger partial charge < -0.3 is 14.8 Å². The zero-order chi connectivity index (χ0) is 15.8. The number of carbonyl (C=O) groups excluding carboxylic acids is 1. The van der Waals surface area contributed by atoms with E-state index in [1.54, 1.807) is 12.1 Å². The highest BCUT2D eigenvalue weighted by molar-refractivity contribution is 7.89. The lowest BCUT2D eigenvalue weighted by Crippen LogP contribution is -2.54. The zero-order valence-corrected chi connectivity index (χ0v) is 13.1. The van der Waals surface area contributed by atoms with Crippen molar-refractivity contribution in [1.82, 2.24) is 9.62 Å². The Labute approximate surface area is 129 Å². The van der Waals surface area contributed by atoms with Gasteiger partial charge in [-0.3, -0.25) is 4.79 Å². The van der Waals surface area contributed by atoms with Crippen molar-refractivity contribution in [2.24, 2.45) is 0 Å².